The molecule has 4 rings (SSSR count). The van der Waals surface area contributed by atoms with Crippen LogP contribution in [0.5, 0.6) is 0 Å². The first-order valence-corrected chi connectivity index (χ1v) is 10.5. The summed E-state index contributed by atoms with van der Waals surface area (Å²) in [5.41, 5.74) is 3.24. The highest BCUT2D eigenvalue weighted by molar-refractivity contribution is 9.10. The molecule has 156 valence electrons. The summed E-state index contributed by atoms with van der Waals surface area (Å²) in [6.45, 7) is 0.428. The van der Waals surface area contributed by atoms with Gasteiger partial charge in [0.1, 0.15) is 5.82 Å². The molecule has 1 heterocycles. The minimum atomic E-state index is -0.291. The highest BCUT2D eigenvalue weighted by Crippen LogP contribution is 2.20. The topological polar surface area (TPSA) is 74.0 Å². The highest BCUT2D eigenvalue weighted by atomic mass is 79.9. The van der Waals surface area contributed by atoms with Crippen LogP contribution in [0.15, 0.2) is 77.4 Å². The third kappa shape index (κ3) is 5.00. The molecule has 31 heavy (non-hydrogen) atoms. The first-order chi connectivity index (χ1) is 15.0. The van der Waals surface area contributed by atoms with E-state index in [-0.39, 0.29) is 17.6 Å². The van der Waals surface area contributed by atoms with Gasteiger partial charge in [0.05, 0.1) is 0 Å². The fourth-order valence-corrected chi connectivity index (χ4v) is 3.75. The molecule has 0 aliphatic rings. The van der Waals surface area contributed by atoms with E-state index < -0.39 is 0 Å². The second-order valence-corrected chi connectivity index (χ2v) is 7.97. The maximum atomic E-state index is 13.3. The van der Waals surface area contributed by atoms with Crippen molar-refractivity contribution in [3.63, 3.8) is 0 Å². The Morgan fingerprint density at radius 1 is 0.935 bits per heavy atom. The zero-order valence-electron chi connectivity index (χ0n) is 16.4. The average molecular weight is 480 g/mol. The molecule has 1 aromatic heterocycles. The normalized spacial score (nSPS) is 10.8. The Labute approximate surface area is 186 Å². The Morgan fingerprint density at radius 2 is 1.71 bits per heavy atom. The van der Waals surface area contributed by atoms with Crippen molar-refractivity contribution in [2.45, 2.75) is 6.42 Å². The number of amides is 2. The Balaban J connectivity index is 1.37. The van der Waals surface area contributed by atoms with Crippen molar-refractivity contribution < 1.29 is 14.0 Å². The number of hydrogen-bond acceptors (Lipinski definition) is 2. The largest absolute Gasteiger partial charge is 0.361 e. The zero-order valence-corrected chi connectivity index (χ0v) is 18.0. The van der Waals surface area contributed by atoms with Crippen LogP contribution in [0.4, 0.5) is 10.1 Å². The van der Waals surface area contributed by atoms with E-state index in [0.29, 0.717) is 29.8 Å². The van der Waals surface area contributed by atoms with Gasteiger partial charge in [0.25, 0.3) is 11.8 Å². The Bertz CT molecular complexity index is 1270. The molecule has 0 saturated heterocycles. The summed E-state index contributed by atoms with van der Waals surface area (Å²) in [6, 6.07) is 18.5. The minimum absolute atomic E-state index is 0.232. The second-order valence-electron chi connectivity index (χ2n) is 7.05. The second kappa shape index (κ2) is 9.14. The van der Waals surface area contributed by atoms with E-state index in [1.54, 1.807) is 48.5 Å². The van der Waals surface area contributed by atoms with E-state index in [1.165, 1.54) is 12.1 Å². The van der Waals surface area contributed by atoms with Gasteiger partial charge in [-0.2, -0.15) is 0 Å². The molecule has 0 fully saturated rings. The summed E-state index contributed by atoms with van der Waals surface area (Å²) >= 11 is 3.35. The predicted octanol–water partition coefficient (Wildman–Crippen LogP) is 5.29. The number of anilines is 1. The number of benzene rings is 3. The molecule has 0 aliphatic heterocycles. The van der Waals surface area contributed by atoms with E-state index >= 15 is 0 Å². The Hall–Kier alpha value is -3.45. The van der Waals surface area contributed by atoms with Crippen molar-refractivity contribution in [3.05, 3.63) is 99.9 Å². The van der Waals surface area contributed by atoms with Gasteiger partial charge in [-0.25, -0.2) is 4.39 Å². The summed E-state index contributed by atoms with van der Waals surface area (Å²) in [6.07, 6.45) is 2.44. The van der Waals surface area contributed by atoms with Crippen molar-refractivity contribution in [1.29, 1.82) is 0 Å². The number of halogens is 2. The quantitative estimate of drug-likeness (QED) is 0.351. The molecular formula is C24H19BrFN3O2. The molecule has 0 spiro atoms. The molecule has 0 saturated carbocycles. The van der Waals surface area contributed by atoms with Gasteiger partial charge in [0, 0.05) is 44.9 Å². The monoisotopic (exact) mass is 479 g/mol. The van der Waals surface area contributed by atoms with Crippen molar-refractivity contribution in [3.8, 4) is 0 Å². The smallest absolute Gasteiger partial charge is 0.255 e. The molecule has 2 amide bonds. The molecule has 0 bridgehead atoms. The molecule has 3 N–H and O–H groups in total. The fourth-order valence-electron chi connectivity index (χ4n) is 3.35. The van der Waals surface area contributed by atoms with E-state index in [4.69, 9.17) is 0 Å². The summed E-state index contributed by atoms with van der Waals surface area (Å²) < 4.78 is 14.1. The molecule has 3 aromatic carbocycles. The van der Waals surface area contributed by atoms with Crippen LogP contribution in [-0.4, -0.2) is 23.3 Å². The molecule has 4 aromatic rings. The maximum absolute atomic E-state index is 13.3. The summed E-state index contributed by atoms with van der Waals surface area (Å²) in [5.74, 6) is -0.778. The first kappa shape index (κ1) is 20.8. The van der Waals surface area contributed by atoms with Crippen molar-refractivity contribution in [2.24, 2.45) is 0 Å². The van der Waals surface area contributed by atoms with Crippen LogP contribution in [0.3, 0.4) is 0 Å². The summed E-state index contributed by atoms with van der Waals surface area (Å²) in [7, 11) is 0. The lowest BCUT2D eigenvalue weighted by Crippen LogP contribution is -2.25. The van der Waals surface area contributed by atoms with E-state index in [0.717, 1.165) is 20.9 Å². The van der Waals surface area contributed by atoms with Crippen molar-refractivity contribution >= 4 is 44.3 Å². The van der Waals surface area contributed by atoms with Gasteiger partial charge < -0.3 is 15.6 Å². The van der Waals surface area contributed by atoms with Gasteiger partial charge in [-0.05, 0) is 66.6 Å². The van der Waals surface area contributed by atoms with Crippen LogP contribution in [0, 0.1) is 5.82 Å². The number of fused-ring (bicyclic) bond motifs is 1. The number of aromatic amines is 1. The fraction of sp³-hybridized carbons (Fsp3) is 0.0833. The van der Waals surface area contributed by atoms with Crippen LogP contribution < -0.4 is 10.6 Å². The van der Waals surface area contributed by atoms with Crippen molar-refractivity contribution in [2.75, 3.05) is 11.9 Å². The molecule has 7 heteroatoms. The van der Waals surface area contributed by atoms with E-state index in [2.05, 4.69) is 31.5 Å². The maximum Gasteiger partial charge on any atom is 0.255 e. The molecule has 0 atom stereocenters. The van der Waals surface area contributed by atoms with Gasteiger partial charge >= 0.3 is 0 Å². The SMILES string of the molecule is O=C(NCCc1c[nH]c2cc(F)ccc12)c1cccc(NC(=O)c2cccc(Br)c2)c1. The van der Waals surface area contributed by atoms with Crippen LogP contribution in [0.2, 0.25) is 0 Å². The van der Waals surface area contributed by atoms with Gasteiger partial charge in [0.15, 0.2) is 0 Å². The van der Waals surface area contributed by atoms with Crippen molar-refractivity contribution in [1.82, 2.24) is 10.3 Å². The van der Waals surface area contributed by atoms with Crippen LogP contribution in [0.25, 0.3) is 10.9 Å². The lowest BCUT2D eigenvalue weighted by Gasteiger charge is -2.09. The number of carbonyl (C=O) groups is 2. The Kier molecular flexibility index (Phi) is 6.13. The molecule has 0 aliphatic carbocycles. The molecule has 0 radical (unpaired) electrons. The number of rotatable bonds is 6. The minimum Gasteiger partial charge on any atom is -0.361 e. The molecular weight excluding hydrogens is 461 g/mol. The average Bonchev–Trinajstić information content (AvgIpc) is 3.15. The molecule has 5 nitrogen and oxygen atoms in total. The zero-order chi connectivity index (χ0) is 21.8. The molecule has 0 unspecified atom stereocenters. The van der Waals surface area contributed by atoms with E-state index in [9.17, 15) is 14.0 Å². The number of hydrogen-bond donors (Lipinski definition) is 3. The van der Waals surface area contributed by atoms with Crippen LogP contribution >= 0.6 is 15.9 Å². The van der Waals surface area contributed by atoms with Gasteiger partial charge in [-0.3, -0.25) is 9.59 Å². The van der Waals surface area contributed by atoms with Gasteiger partial charge in [-0.15, -0.1) is 0 Å². The van der Waals surface area contributed by atoms with E-state index in [1.807, 2.05) is 12.3 Å². The number of carbonyl (C=O) groups excluding carboxylic acids is 2. The number of aromatic nitrogens is 1. The standard InChI is InChI=1S/C24H19BrFN3O2/c25-18-5-1-3-15(11-18)24(31)29-20-6-2-4-16(12-20)23(30)27-10-9-17-14-28-22-13-19(26)7-8-21(17)22/h1-8,11-14,28H,9-10H2,(H,27,30)(H,29,31). The number of H-pyrrole nitrogens is 1. The third-order valence-corrected chi connectivity index (χ3v) is 5.37. The first-order valence-electron chi connectivity index (χ1n) is 9.70. The van der Waals surface area contributed by atoms with Gasteiger partial charge in [0.2, 0.25) is 0 Å². The van der Waals surface area contributed by atoms with Crippen LogP contribution in [0.1, 0.15) is 26.3 Å². The highest BCUT2D eigenvalue weighted by Gasteiger charge is 2.10. The summed E-state index contributed by atoms with van der Waals surface area (Å²) in [5, 5.41) is 6.63. The third-order valence-electron chi connectivity index (χ3n) is 4.88. The van der Waals surface area contributed by atoms with Crippen LogP contribution in [-0.2, 0) is 6.42 Å². The number of nitrogens with one attached hydrogen (secondary N) is 3. The predicted molar refractivity (Wildman–Crippen MR) is 123 cm³/mol. The van der Waals surface area contributed by atoms with Gasteiger partial charge in [-0.1, -0.05) is 28.1 Å². The Morgan fingerprint density at radius 3 is 2.52 bits per heavy atom. The lowest BCUT2D eigenvalue weighted by molar-refractivity contribution is 0.0952. The summed E-state index contributed by atoms with van der Waals surface area (Å²) in [4.78, 5) is 28.0. The lowest BCUT2D eigenvalue weighted by atomic mass is 10.1.